The Morgan fingerprint density at radius 3 is 3.05 bits per heavy atom. The lowest BCUT2D eigenvalue weighted by Crippen LogP contribution is -2.26. The first-order chi connectivity index (χ1) is 9.13. The molecule has 0 radical (unpaired) electrons. The molecule has 1 aromatic rings. The Morgan fingerprint density at radius 2 is 2.42 bits per heavy atom. The lowest BCUT2D eigenvalue weighted by molar-refractivity contribution is 0.108. The summed E-state index contributed by atoms with van der Waals surface area (Å²) in [6.45, 7) is 6.21. The summed E-state index contributed by atoms with van der Waals surface area (Å²) in [4.78, 5) is 11.9. The number of hydrogen-bond acceptors (Lipinski definition) is 4. The van der Waals surface area contributed by atoms with E-state index in [1.54, 1.807) is 6.20 Å². The fourth-order valence-electron chi connectivity index (χ4n) is 2.24. The number of nitrogens with one attached hydrogen (secondary N) is 1. The van der Waals surface area contributed by atoms with Crippen molar-refractivity contribution in [1.29, 1.82) is 0 Å². The Kier molecular flexibility index (Phi) is 4.82. The first-order valence-electron chi connectivity index (χ1n) is 6.74. The van der Waals surface area contributed by atoms with Crippen molar-refractivity contribution in [3.63, 3.8) is 0 Å². The third-order valence-electron chi connectivity index (χ3n) is 3.51. The Labute approximate surface area is 117 Å². The van der Waals surface area contributed by atoms with Crippen LogP contribution in [0.2, 0.25) is 5.02 Å². The van der Waals surface area contributed by atoms with Crippen molar-refractivity contribution in [1.82, 2.24) is 9.78 Å². The van der Waals surface area contributed by atoms with Crippen LogP contribution in [0.3, 0.4) is 0 Å². The molecular formula is C13H20ClN3O2. The Hall–Kier alpha value is -1.07. The molecule has 2 unspecified atom stereocenters. The van der Waals surface area contributed by atoms with Gasteiger partial charge in [-0.3, -0.25) is 4.79 Å². The van der Waals surface area contributed by atoms with Crippen molar-refractivity contribution in [2.24, 2.45) is 5.92 Å². The molecule has 6 heteroatoms. The van der Waals surface area contributed by atoms with Gasteiger partial charge < -0.3 is 10.1 Å². The summed E-state index contributed by atoms with van der Waals surface area (Å²) in [5.74, 6) is 0.453. The van der Waals surface area contributed by atoms with Crippen molar-refractivity contribution in [2.45, 2.75) is 39.3 Å². The average molecular weight is 286 g/mol. The zero-order chi connectivity index (χ0) is 13.8. The molecule has 0 aromatic carbocycles. The molecule has 0 saturated carbocycles. The molecule has 19 heavy (non-hydrogen) atoms. The highest BCUT2D eigenvalue weighted by Gasteiger charge is 2.24. The van der Waals surface area contributed by atoms with E-state index in [0.717, 1.165) is 26.0 Å². The fraction of sp³-hybridized carbons (Fsp3) is 0.692. The van der Waals surface area contributed by atoms with Crippen molar-refractivity contribution in [3.8, 4) is 0 Å². The normalized spacial score (nSPS) is 22.7. The molecular weight excluding hydrogens is 266 g/mol. The first kappa shape index (κ1) is 14.3. The van der Waals surface area contributed by atoms with Crippen molar-refractivity contribution >= 4 is 17.3 Å². The second kappa shape index (κ2) is 6.39. The number of aryl methyl sites for hydroxylation is 1. The molecule has 2 rings (SSSR count). The predicted molar refractivity (Wildman–Crippen MR) is 75.8 cm³/mol. The predicted octanol–water partition coefficient (Wildman–Crippen LogP) is 2.14. The maximum Gasteiger partial charge on any atom is 0.287 e. The van der Waals surface area contributed by atoms with Gasteiger partial charge in [-0.25, -0.2) is 4.68 Å². The highest BCUT2D eigenvalue weighted by molar-refractivity contribution is 6.32. The number of anilines is 1. The van der Waals surface area contributed by atoms with Crippen molar-refractivity contribution in [3.05, 3.63) is 21.6 Å². The van der Waals surface area contributed by atoms with Gasteiger partial charge in [0.2, 0.25) is 0 Å². The third-order valence-corrected chi connectivity index (χ3v) is 3.87. The number of aromatic nitrogens is 2. The fourth-order valence-corrected chi connectivity index (χ4v) is 2.46. The summed E-state index contributed by atoms with van der Waals surface area (Å²) in [7, 11) is 0. The minimum Gasteiger partial charge on any atom is -0.382 e. The van der Waals surface area contributed by atoms with Crippen LogP contribution in [0.25, 0.3) is 0 Å². The number of rotatable bonds is 5. The van der Waals surface area contributed by atoms with Gasteiger partial charge in [0.15, 0.2) is 0 Å². The van der Waals surface area contributed by atoms with E-state index in [1.807, 2.05) is 6.92 Å². The summed E-state index contributed by atoms with van der Waals surface area (Å²) >= 11 is 6.09. The smallest absolute Gasteiger partial charge is 0.287 e. The maximum atomic E-state index is 11.9. The lowest BCUT2D eigenvalue weighted by Gasteiger charge is -2.16. The van der Waals surface area contributed by atoms with Gasteiger partial charge in [-0.2, -0.15) is 5.10 Å². The van der Waals surface area contributed by atoms with Crippen LogP contribution in [0, 0.1) is 5.92 Å². The molecule has 0 spiro atoms. The highest BCUT2D eigenvalue weighted by Crippen LogP contribution is 2.22. The van der Waals surface area contributed by atoms with E-state index in [0.29, 0.717) is 18.2 Å². The molecule has 0 bridgehead atoms. The molecule has 1 N–H and O–H groups in total. The molecule has 2 heterocycles. The number of hydrogen-bond donors (Lipinski definition) is 1. The van der Waals surface area contributed by atoms with E-state index in [2.05, 4.69) is 17.3 Å². The minimum atomic E-state index is -0.232. The van der Waals surface area contributed by atoms with E-state index >= 15 is 0 Å². The van der Waals surface area contributed by atoms with Crippen LogP contribution < -0.4 is 10.9 Å². The Balaban J connectivity index is 2.04. The highest BCUT2D eigenvalue weighted by atomic mass is 35.5. The van der Waals surface area contributed by atoms with Crippen LogP contribution in [0.15, 0.2) is 11.0 Å². The summed E-state index contributed by atoms with van der Waals surface area (Å²) in [6, 6.07) is 0. The summed E-state index contributed by atoms with van der Waals surface area (Å²) in [5.41, 5.74) is 0.377. The van der Waals surface area contributed by atoms with E-state index < -0.39 is 0 Å². The first-order valence-corrected chi connectivity index (χ1v) is 7.12. The van der Waals surface area contributed by atoms with E-state index in [1.165, 1.54) is 4.68 Å². The summed E-state index contributed by atoms with van der Waals surface area (Å²) in [6.07, 6.45) is 3.76. The maximum absolute atomic E-state index is 11.9. The monoisotopic (exact) mass is 285 g/mol. The third kappa shape index (κ3) is 3.28. The van der Waals surface area contributed by atoms with Gasteiger partial charge in [0.05, 0.1) is 18.0 Å². The summed E-state index contributed by atoms with van der Waals surface area (Å²) < 4.78 is 6.90. The average Bonchev–Trinajstić information content (AvgIpc) is 2.80. The van der Waals surface area contributed by atoms with Crippen molar-refractivity contribution in [2.75, 3.05) is 18.5 Å². The van der Waals surface area contributed by atoms with Gasteiger partial charge in [0, 0.05) is 25.6 Å². The minimum absolute atomic E-state index is 0.218. The van der Waals surface area contributed by atoms with Crippen LogP contribution in [-0.2, 0) is 11.3 Å². The molecule has 2 atom stereocenters. The lowest BCUT2D eigenvalue weighted by atomic mass is 10.0. The SMILES string of the molecule is CCCn1ncc(NCC2CCOC2C)c(Cl)c1=O. The van der Waals surface area contributed by atoms with Gasteiger partial charge in [-0.05, 0) is 19.8 Å². The molecule has 0 amide bonds. The molecule has 1 fully saturated rings. The number of halogens is 1. The van der Waals surface area contributed by atoms with Crippen LogP contribution in [-0.4, -0.2) is 29.0 Å². The van der Waals surface area contributed by atoms with Crippen molar-refractivity contribution < 1.29 is 4.74 Å². The van der Waals surface area contributed by atoms with E-state index in [4.69, 9.17) is 16.3 Å². The molecule has 0 aliphatic carbocycles. The van der Waals surface area contributed by atoms with Gasteiger partial charge in [-0.15, -0.1) is 0 Å². The Morgan fingerprint density at radius 1 is 1.63 bits per heavy atom. The standard InChI is InChI=1S/C13H20ClN3O2/c1-3-5-17-13(18)12(14)11(8-16-17)15-7-10-4-6-19-9(10)2/h8-10,15H,3-7H2,1-2H3. The van der Waals surface area contributed by atoms with Crippen LogP contribution >= 0.6 is 11.6 Å². The summed E-state index contributed by atoms with van der Waals surface area (Å²) in [5, 5.41) is 7.54. The molecule has 5 nitrogen and oxygen atoms in total. The second-order valence-corrected chi connectivity index (χ2v) is 5.28. The largest absolute Gasteiger partial charge is 0.382 e. The molecule has 1 aromatic heterocycles. The molecule has 1 saturated heterocycles. The van der Waals surface area contributed by atoms with Gasteiger partial charge in [0.1, 0.15) is 5.02 Å². The van der Waals surface area contributed by atoms with Crippen LogP contribution in [0.1, 0.15) is 26.7 Å². The topological polar surface area (TPSA) is 56.1 Å². The van der Waals surface area contributed by atoms with Crippen LogP contribution in [0.4, 0.5) is 5.69 Å². The second-order valence-electron chi connectivity index (χ2n) is 4.91. The molecule has 1 aliphatic rings. The van der Waals surface area contributed by atoms with E-state index in [-0.39, 0.29) is 16.7 Å². The number of nitrogens with zero attached hydrogens (tertiary/aromatic N) is 2. The molecule has 1 aliphatic heterocycles. The van der Waals surface area contributed by atoms with Gasteiger partial charge >= 0.3 is 0 Å². The quantitative estimate of drug-likeness (QED) is 0.901. The van der Waals surface area contributed by atoms with Crippen LogP contribution in [0.5, 0.6) is 0 Å². The Bertz CT molecular complexity index is 489. The van der Waals surface area contributed by atoms with Gasteiger partial charge in [-0.1, -0.05) is 18.5 Å². The number of ether oxygens (including phenoxy) is 1. The van der Waals surface area contributed by atoms with E-state index in [9.17, 15) is 4.79 Å². The van der Waals surface area contributed by atoms with Gasteiger partial charge in [0.25, 0.3) is 5.56 Å². The molecule has 106 valence electrons. The zero-order valence-electron chi connectivity index (χ0n) is 11.4. The zero-order valence-corrected chi connectivity index (χ0v) is 12.1.